The number of ether oxygens (including phenoxy) is 1. The lowest BCUT2D eigenvalue weighted by Crippen LogP contribution is -2.26. The Hall–Kier alpha value is -0.610. The van der Waals surface area contributed by atoms with Crippen LogP contribution in [0.2, 0.25) is 0 Å². The quantitative estimate of drug-likeness (QED) is 0.644. The normalized spacial score (nSPS) is 13.8. The van der Waals surface area contributed by atoms with E-state index in [1.165, 1.54) is 0 Å². The molecule has 0 aromatic rings. The highest BCUT2D eigenvalue weighted by Gasteiger charge is 2.19. The first kappa shape index (κ1) is 13.4. The number of hydrogen-bond acceptors (Lipinski definition) is 4. The zero-order chi connectivity index (χ0) is 11.2. The molecule has 0 aromatic carbocycles. The van der Waals surface area contributed by atoms with E-state index in [9.17, 15) is 4.79 Å². The molecular formula is C10H21NO3. The van der Waals surface area contributed by atoms with E-state index >= 15 is 0 Å². The SMILES string of the molecule is CC(C)(C)OC(=O)C[C@H](CO)CCN. The van der Waals surface area contributed by atoms with Gasteiger partial charge in [0.15, 0.2) is 0 Å². The smallest absolute Gasteiger partial charge is 0.306 e. The molecule has 0 rings (SSSR count). The van der Waals surface area contributed by atoms with Crippen LogP contribution in [0, 0.1) is 5.92 Å². The standard InChI is InChI=1S/C10H21NO3/c1-10(2,3)14-9(13)6-8(7-12)4-5-11/h8,12H,4-7,11H2,1-3H3/t8-/m1/s1. The highest BCUT2D eigenvalue weighted by Crippen LogP contribution is 2.13. The third-order valence-corrected chi connectivity index (χ3v) is 1.71. The predicted octanol–water partition coefficient (Wildman–Crippen LogP) is 0.676. The van der Waals surface area contributed by atoms with E-state index in [4.69, 9.17) is 15.6 Å². The van der Waals surface area contributed by atoms with E-state index in [1.807, 2.05) is 20.8 Å². The summed E-state index contributed by atoms with van der Waals surface area (Å²) in [6, 6.07) is 0. The molecule has 0 aromatic heterocycles. The van der Waals surface area contributed by atoms with Crippen molar-refractivity contribution < 1.29 is 14.6 Å². The third kappa shape index (κ3) is 6.86. The summed E-state index contributed by atoms with van der Waals surface area (Å²) in [6.45, 7) is 5.93. The van der Waals surface area contributed by atoms with Crippen LogP contribution in [0.4, 0.5) is 0 Å². The molecule has 3 N–H and O–H groups in total. The van der Waals surface area contributed by atoms with E-state index in [0.29, 0.717) is 13.0 Å². The molecule has 0 aliphatic carbocycles. The second-order valence-corrected chi connectivity index (χ2v) is 4.42. The van der Waals surface area contributed by atoms with E-state index in [-0.39, 0.29) is 24.9 Å². The largest absolute Gasteiger partial charge is 0.460 e. The number of carbonyl (C=O) groups is 1. The van der Waals surface area contributed by atoms with Gasteiger partial charge in [-0.05, 0) is 39.7 Å². The fraction of sp³-hybridized carbons (Fsp3) is 0.900. The van der Waals surface area contributed by atoms with Crippen LogP contribution in [-0.4, -0.2) is 29.8 Å². The van der Waals surface area contributed by atoms with Gasteiger partial charge in [0.05, 0.1) is 6.42 Å². The second kappa shape index (κ2) is 5.98. The van der Waals surface area contributed by atoms with Crippen molar-refractivity contribution >= 4 is 5.97 Å². The van der Waals surface area contributed by atoms with Gasteiger partial charge in [0, 0.05) is 6.61 Å². The van der Waals surface area contributed by atoms with E-state index < -0.39 is 5.60 Å². The molecule has 0 spiro atoms. The van der Waals surface area contributed by atoms with E-state index in [2.05, 4.69) is 0 Å². The Labute approximate surface area is 85.4 Å². The molecule has 0 heterocycles. The molecule has 84 valence electrons. The van der Waals surface area contributed by atoms with E-state index in [0.717, 1.165) is 0 Å². The van der Waals surface area contributed by atoms with Crippen molar-refractivity contribution in [3.05, 3.63) is 0 Å². The van der Waals surface area contributed by atoms with Crippen LogP contribution in [0.1, 0.15) is 33.6 Å². The van der Waals surface area contributed by atoms with Gasteiger partial charge in [-0.1, -0.05) is 0 Å². The molecule has 0 saturated carbocycles. The zero-order valence-electron chi connectivity index (χ0n) is 9.25. The molecule has 0 aliphatic heterocycles. The van der Waals surface area contributed by atoms with Crippen LogP contribution >= 0.6 is 0 Å². The summed E-state index contributed by atoms with van der Waals surface area (Å²) >= 11 is 0. The molecule has 0 saturated heterocycles. The predicted molar refractivity (Wildman–Crippen MR) is 54.7 cm³/mol. The molecule has 4 heteroatoms. The molecule has 0 amide bonds. The minimum absolute atomic E-state index is 0.0174. The Morgan fingerprint density at radius 2 is 2.07 bits per heavy atom. The number of hydrogen-bond donors (Lipinski definition) is 2. The van der Waals surface area contributed by atoms with Crippen molar-refractivity contribution in [3.8, 4) is 0 Å². The highest BCUT2D eigenvalue weighted by atomic mass is 16.6. The fourth-order valence-corrected chi connectivity index (χ4v) is 1.11. The van der Waals surface area contributed by atoms with Crippen molar-refractivity contribution in [2.45, 2.75) is 39.2 Å². The van der Waals surface area contributed by atoms with Gasteiger partial charge in [-0.25, -0.2) is 0 Å². The van der Waals surface area contributed by atoms with Gasteiger partial charge < -0.3 is 15.6 Å². The Morgan fingerprint density at radius 3 is 2.43 bits per heavy atom. The first-order valence-corrected chi connectivity index (χ1v) is 4.92. The summed E-state index contributed by atoms with van der Waals surface area (Å²) in [7, 11) is 0. The van der Waals surface area contributed by atoms with Crippen LogP contribution in [0.5, 0.6) is 0 Å². The number of rotatable bonds is 5. The van der Waals surface area contributed by atoms with Crippen LogP contribution in [0.25, 0.3) is 0 Å². The molecule has 0 bridgehead atoms. The summed E-state index contributed by atoms with van der Waals surface area (Å²) in [5.74, 6) is -0.347. The number of nitrogens with two attached hydrogens (primary N) is 1. The second-order valence-electron chi connectivity index (χ2n) is 4.42. The van der Waals surface area contributed by atoms with Crippen molar-refractivity contribution in [1.82, 2.24) is 0 Å². The van der Waals surface area contributed by atoms with Crippen LogP contribution in [0.15, 0.2) is 0 Å². The molecular weight excluding hydrogens is 182 g/mol. The maximum atomic E-state index is 11.3. The van der Waals surface area contributed by atoms with Crippen molar-refractivity contribution in [2.75, 3.05) is 13.2 Å². The molecule has 0 radical (unpaired) electrons. The van der Waals surface area contributed by atoms with Crippen LogP contribution in [-0.2, 0) is 9.53 Å². The Bertz CT molecular complexity index is 175. The summed E-state index contributed by atoms with van der Waals surface area (Å²) in [4.78, 5) is 11.3. The first-order valence-electron chi connectivity index (χ1n) is 4.92. The molecule has 4 nitrogen and oxygen atoms in total. The number of aliphatic hydroxyl groups excluding tert-OH is 1. The molecule has 1 atom stereocenters. The molecule has 0 fully saturated rings. The van der Waals surface area contributed by atoms with Crippen molar-refractivity contribution in [2.24, 2.45) is 11.7 Å². The average Bonchev–Trinajstić information content (AvgIpc) is 2.00. The number of esters is 1. The summed E-state index contributed by atoms with van der Waals surface area (Å²) in [5.41, 5.74) is 4.89. The maximum Gasteiger partial charge on any atom is 0.306 e. The van der Waals surface area contributed by atoms with Gasteiger partial charge in [0.25, 0.3) is 0 Å². The lowest BCUT2D eigenvalue weighted by molar-refractivity contribution is -0.156. The molecule has 0 aliphatic rings. The summed E-state index contributed by atoms with van der Waals surface area (Å²) in [5, 5.41) is 8.94. The lowest BCUT2D eigenvalue weighted by atomic mass is 10.0. The van der Waals surface area contributed by atoms with Gasteiger partial charge in [-0.15, -0.1) is 0 Å². The van der Waals surface area contributed by atoms with E-state index in [1.54, 1.807) is 0 Å². The first-order chi connectivity index (χ1) is 6.39. The monoisotopic (exact) mass is 203 g/mol. The molecule has 0 unspecified atom stereocenters. The summed E-state index contributed by atoms with van der Waals surface area (Å²) in [6.07, 6.45) is 0.890. The molecule has 14 heavy (non-hydrogen) atoms. The minimum atomic E-state index is -0.459. The van der Waals surface area contributed by atoms with Crippen molar-refractivity contribution in [1.29, 1.82) is 0 Å². The number of carbonyl (C=O) groups excluding carboxylic acids is 1. The zero-order valence-corrected chi connectivity index (χ0v) is 9.25. The third-order valence-electron chi connectivity index (χ3n) is 1.71. The van der Waals surface area contributed by atoms with Gasteiger partial charge in [-0.3, -0.25) is 4.79 Å². The fourth-order valence-electron chi connectivity index (χ4n) is 1.11. The Morgan fingerprint density at radius 1 is 1.50 bits per heavy atom. The van der Waals surface area contributed by atoms with Gasteiger partial charge in [-0.2, -0.15) is 0 Å². The topological polar surface area (TPSA) is 72.5 Å². The number of aliphatic hydroxyl groups is 1. The van der Waals surface area contributed by atoms with Gasteiger partial charge in [0.2, 0.25) is 0 Å². The van der Waals surface area contributed by atoms with Crippen molar-refractivity contribution in [3.63, 3.8) is 0 Å². The lowest BCUT2D eigenvalue weighted by Gasteiger charge is -2.21. The Balaban J connectivity index is 3.91. The van der Waals surface area contributed by atoms with Crippen LogP contribution in [0.3, 0.4) is 0 Å². The van der Waals surface area contributed by atoms with Gasteiger partial charge >= 0.3 is 5.97 Å². The highest BCUT2D eigenvalue weighted by molar-refractivity contribution is 5.70. The average molecular weight is 203 g/mol. The minimum Gasteiger partial charge on any atom is -0.460 e. The van der Waals surface area contributed by atoms with Gasteiger partial charge in [0.1, 0.15) is 5.60 Å². The summed E-state index contributed by atoms with van der Waals surface area (Å²) < 4.78 is 5.13. The Kier molecular flexibility index (Phi) is 5.72. The van der Waals surface area contributed by atoms with Crippen LogP contribution < -0.4 is 5.73 Å². The maximum absolute atomic E-state index is 11.3.